The highest BCUT2D eigenvalue weighted by Crippen LogP contribution is 2.45. The number of ether oxygens (including phenoxy) is 3. The molecule has 218 valence electrons. The van der Waals surface area contributed by atoms with Crippen molar-refractivity contribution in [2.45, 2.75) is 51.9 Å². The highest BCUT2D eigenvalue weighted by atomic mass is 35.5. The molecule has 40 heavy (non-hydrogen) atoms. The quantitative estimate of drug-likeness (QED) is 0.377. The maximum absolute atomic E-state index is 14.1. The monoisotopic (exact) mass is 592 g/mol. The number of methoxy groups -OCH3 is 2. The van der Waals surface area contributed by atoms with Gasteiger partial charge in [-0.2, -0.15) is 11.8 Å². The van der Waals surface area contributed by atoms with E-state index in [0.717, 1.165) is 0 Å². The van der Waals surface area contributed by atoms with E-state index < -0.39 is 36.0 Å². The summed E-state index contributed by atoms with van der Waals surface area (Å²) >= 11 is 7.93. The number of carbonyl (C=O) groups excluding carboxylic acids is 2. The van der Waals surface area contributed by atoms with Gasteiger partial charge in [0, 0.05) is 28.4 Å². The summed E-state index contributed by atoms with van der Waals surface area (Å²) in [5.41, 5.74) is 1.53. The fourth-order valence-electron chi connectivity index (χ4n) is 4.62. The molecular formula is C29H37ClN2O7S. The molecule has 0 saturated heterocycles. The van der Waals surface area contributed by atoms with Gasteiger partial charge < -0.3 is 29.5 Å². The zero-order chi connectivity index (χ0) is 29.6. The summed E-state index contributed by atoms with van der Waals surface area (Å²) in [5, 5.41) is 12.6. The summed E-state index contributed by atoms with van der Waals surface area (Å²) in [4.78, 5) is 40.6. The lowest BCUT2D eigenvalue weighted by molar-refractivity contribution is -0.143. The number of aliphatic carboxylic acids is 1. The molecule has 0 spiro atoms. The Morgan fingerprint density at radius 1 is 1.18 bits per heavy atom. The van der Waals surface area contributed by atoms with E-state index in [2.05, 4.69) is 5.32 Å². The predicted octanol–water partition coefficient (Wildman–Crippen LogP) is 4.94. The Labute approximate surface area is 244 Å². The van der Waals surface area contributed by atoms with Crippen LogP contribution in [0.15, 0.2) is 36.4 Å². The van der Waals surface area contributed by atoms with Crippen molar-refractivity contribution < 1.29 is 33.7 Å². The van der Waals surface area contributed by atoms with E-state index in [0.29, 0.717) is 45.6 Å². The van der Waals surface area contributed by atoms with Crippen LogP contribution in [-0.4, -0.2) is 67.8 Å². The van der Waals surface area contributed by atoms with Crippen LogP contribution in [0.5, 0.6) is 11.5 Å². The van der Waals surface area contributed by atoms with Gasteiger partial charge in [-0.15, -0.1) is 0 Å². The molecule has 2 amide bonds. The normalized spacial score (nSPS) is 18.0. The zero-order valence-corrected chi connectivity index (χ0v) is 25.2. The van der Waals surface area contributed by atoms with Crippen molar-refractivity contribution in [2.75, 3.05) is 37.7 Å². The Kier molecular flexibility index (Phi) is 10.7. The Morgan fingerprint density at radius 3 is 2.50 bits per heavy atom. The molecule has 0 aromatic heterocycles. The standard InChI is InChI=1S/C29H37ClN2O7S/c1-29(2,3)16-32-21-11-10-17(30)14-19(21)25(18-8-7-9-22(37-4)26(18)38-5)39-23(27(32)34)15-24(33)31-20(28(35)36)12-13-40-6/h7-11,14,20,23,25H,12-13,15-16H2,1-6H3,(H,31,33)(H,35,36)/t20-,23+,25+/m0/s1. The van der Waals surface area contributed by atoms with E-state index in [1.54, 1.807) is 41.3 Å². The number of fused-ring (bicyclic) bond motifs is 1. The minimum Gasteiger partial charge on any atom is -0.493 e. The van der Waals surface area contributed by atoms with Gasteiger partial charge in [0.2, 0.25) is 5.91 Å². The Hall–Kier alpha value is -2.95. The van der Waals surface area contributed by atoms with Crippen LogP contribution in [0, 0.1) is 5.41 Å². The predicted molar refractivity (Wildman–Crippen MR) is 157 cm³/mol. The smallest absolute Gasteiger partial charge is 0.326 e. The summed E-state index contributed by atoms with van der Waals surface area (Å²) in [6, 6.07) is 9.50. The van der Waals surface area contributed by atoms with Gasteiger partial charge in [0.25, 0.3) is 5.91 Å². The van der Waals surface area contributed by atoms with Crippen LogP contribution in [0.2, 0.25) is 5.02 Å². The molecule has 0 aliphatic carbocycles. The van der Waals surface area contributed by atoms with Crippen LogP contribution in [0.3, 0.4) is 0 Å². The number of carboxylic acids is 1. The van der Waals surface area contributed by atoms with E-state index in [1.165, 1.54) is 26.0 Å². The second kappa shape index (κ2) is 13.6. The van der Waals surface area contributed by atoms with Gasteiger partial charge in [-0.05, 0) is 48.1 Å². The lowest BCUT2D eigenvalue weighted by Crippen LogP contribution is -2.47. The number of nitrogens with one attached hydrogen (secondary N) is 1. The van der Waals surface area contributed by atoms with Crippen molar-refractivity contribution >= 4 is 46.8 Å². The highest BCUT2D eigenvalue weighted by Gasteiger charge is 2.40. The van der Waals surface area contributed by atoms with E-state index in [-0.39, 0.29) is 18.3 Å². The van der Waals surface area contributed by atoms with Crippen molar-refractivity contribution in [3.05, 3.63) is 52.5 Å². The van der Waals surface area contributed by atoms with Gasteiger partial charge in [-0.3, -0.25) is 9.59 Å². The molecule has 3 atom stereocenters. The van der Waals surface area contributed by atoms with Crippen LogP contribution in [0.25, 0.3) is 0 Å². The number of para-hydroxylation sites is 1. The summed E-state index contributed by atoms with van der Waals surface area (Å²) in [5.74, 6) is -0.683. The first kappa shape index (κ1) is 31.6. The van der Waals surface area contributed by atoms with Gasteiger partial charge in [0.15, 0.2) is 11.5 Å². The number of halogens is 1. The van der Waals surface area contributed by atoms with E-state index in [1.807, 2.05) is 27.0 Å². The lowest BCUT2D eigenvalue weighted by Gasteiger charge is -2.31. The number of benzene rings is 2. The third kappa shape index (κ3) is 7.62. The Balaban J connectivity index is 2.12. The number of rotatable bonds is 11. The van der Waals surface area contributed by atoms with E-state index in [9.17, 15) is 19.5 Å². The maximum atomic E-state index is 14.1. The number of thioether (sulfide) groups is 1. The largest absolute Gasteiger partial charge is 0.493 e. The first-order valence-electron chi connectivity index (χ1n) is 12.9. The molecule has 0 fully saturated rings. The van der Waals surface area contributed by atoms with Crippen molar-refractivity contribution in [3.63, 3.8) is 0 Å². The molecule has 1 heterocycles. The van der Waals surface area contributed by atoms with Crippen molar-refractivity contribution in [1.82, 2.24) is 5.32 Å². The topological polar surface area (TPSA) is 114 Å². The molecule has 2 N–H and O–H groups in total. The molecule has 2 aromatic rings. The number of anilines is 1. The fourth-order valence-corrected chi connectivity index (χ4v) is 5.27. The minimum atomic E-state index is -1.22. The van der Waals surface area contributed by atoms with Crippen molar-refractivity contribution in [2.24, 2.45) is 5.41 Å². The average molecular weight is 593 g/mol. The first-order chi connectivity index (χ1) is 18.9. The summed E-state index contributed by atoms with van der Waals surface area (Å²) in [7, 11) is 3.04. The number of hydrogen-bond acceptors (Lipinski definition) is 7. The van der Waals surface area contributed by atoms with Crippen LogP contribution < -0.4 is 19.7 Å². The number of hydrogen-bond donors (Lipinski definition) is 2. The first-order valence-corrected chi connectivity index (χ1v) is 14.7. The molecule has 0 radical (unpaired) electrons. The van der Waals surface area contributed by atoms with Crippen LogP contribution in [0.4, 0.5) is 5.69 Å². The molecule has 2 aromatic carbocycles. The molecule has 0 saturated carbocycles. The number of nitrogens with zero attached hydrogens (tertiary/aromatic N) is 1. The molecule has 3 rings (SSSR count). The molecule has 1 aliphatic heterocycles. The number of amides is 2. The van der Waals surface area contributed by atoms with Crippen molar-refractivity contribution in [1.29, 1.82) is 0 Å². The van der Waals surface area contributed by atoms with Gasteiger partial charge in [-0.1, -0.05) is 44.5 Å². The van der Waals surface area contributed by atoms with E-state index >= 15 is 0 Å². The van der Waals surface area contributed by atoms with E-state index in [4.69, 9.17) is 25.8 Å². The average Bonchev–Trinajstić information content (AvgIpc) is 2.99. The second-order valence-corrected chi connectivity index (χ2v) is 12.1. The second-order valence-electron chi connectivity index (χ2n) is 10.7. The van der Waals surface area contributed by atoms with Crippen molar-refractivity contribution in [3.8, 4) is 11.5 Å². The highest BCUT2D eigenvalue weighted by molar-refractivity contribution is 7.98. The Morgan fingerprint density at radius 2 is 1.90 bits per heavy atom. The molecule has 1 aliphatic rings. The van der Waals surface area contributed by atoms with Gasteiger partial charge in [0.1, 0.15) is 18.2 Å². The Bertz CT molecular complexity index is 1230. The molecule has 0 bridgehead atoms. The molecular weight excluding hydrogens is 556 g/mol. The third-order valence-electron chi connectivity index (χ3n) is 6.37. The maximum Gasteiger partial charge on any atom is 0.326 e. The third-order valence-corrected chi connectivity index (χ3v) is 7.25. The van der Waals surface area contributed by atoms with Gasteiger partial charge in [0.05, 0.1) is 20.6 Å². The summed E-state index contributed by atoms with van der Waals surface area (Å²) < 4.78 is 17.7. The molecule has 0 unspecified atom stereocenters. The van der Waals surface area contributed by atoms with Gasteiger partial charge >= 0.3 is 5.97 Å². The summed E-state index contributed by atoms with van der Waals surface area (Å²) in [6.07, 6.45) is -0.320. The number of carboxylic acid groups (broad SMARTS) is 1. The SMILES string of the molecule is COc1cccc([C@H]2O[C@H](CC(=O)N[C@@H](CCSC)C(=O)O)C(=O)N(CC(C)(C)C)c3ccc(Cl)cc32)c1OC. The molecule has 11 heteroatoms. The number of carbonyl (C=O) groups is 3. The lowest BCUT2D eigenvalue weighted by atomic mass is 9.94. The minimum absolute atomic E-state index is 0.255. The van der Waals surface area contributed by atoms with Crippen LogP contribution >= 0.6 is 23.4 Å². The van der Waals surface area contributed by atoms with Crippen LogP contribution in [-0.2, 0) is 19.1 Å². The fraction of sp³-hybridized carbons (Fsp3) is 0.483. The van der Waals surface area contributed by atoms with Crippen LogP contribution in [0.1, 0.15) is 50.8 Å². The zero-order valence-electron chi connectivity index (χ0n) is 23.7. The summed E-state index contributed by atoms with van der Waals surface area (Å²) in [6.45, 7) is 6.37. The molecule has 9 nitrogen and oxygen atoms in total. The van der Waals surface area contributed by atoms with Gasteiger partial charge in [-0.25, -0.2) is 4.79 Å².